The molecule has 0 radical (unpaired) electrons. The third-order valence-corrected chi connectivity index (χ3v) is 1.63. The van der Waals surface area contributed by atoms with Gasteiger partial charge in [-0.1, -0.05) is 0 Å². The van der Waals surface area contributed by atoms with Gasteiger partial charge in [-0.25, -0.2) is 0 Å². The first kappa shape index (κ1) is 8.86. The molecule has 6 heteroatoms. The summed E-state index contributed by atoms with van der Waals surface area (Å²) in [6.07, 6.45) is -3.75. The van der Waals surface area contributed by atoms with Gasteiger partial charge in [-0.3, -0.25) is 4.79 Å². The molecule has 0 aliphatic carbocycles. The second kappa shape index (κ2) is 2.63. The minimum atomic E-state index is -3.75. The van der Waals surface area contributed by atoms with E-state index in [4.69, 9.17) is 0 Å². The maximum atomic E-state index is 12.4. The first-order valence-corrected chi connectivity index (χ1v) is 3.58. The van der Waals surface area contributed by atoms with E-state index in [-0.39, 0.29) is 17.1 Å². The first-order chi connectivity index (χ1) is 6.48. The molecular weight excluding hydrogens is 201 g/mol. The molecule has 3 nitrogen and oxygen atoms in total. The largest absolute Gasteiger partial charge is 0.586 e. The van der Waals surface area contributed by atoms with Crippen molar-refractivity contribution >= 4 is 6.04 Å². The lowest BCUT2D eigenvalue weighted by Crippen LogP contribution is -2.25. The van der Waals surface area contributed by atoms with E-state index >= 15 is 0 Å². The molecule has 14 heavy (non-hydrogen) atoms. The number of hydrogen-bond acceptors (Lipinski definition) is 3. The van der Waals surface area contributed by atoms with Crippen LogP contribution in [0.5, 0.6) is 11.5 Å². The Kier molecular flexibility index (Phi) is 1.67. The normalized spacial score (nSPS) is 16.8. The Balaban J connectivity index is 2.40. The van der Waals surface area contributed by atoms with Crippen molar-refractivity contribution < 1.29 is 27.4 Å². The highest BCUT2D eigenvalue weighted by Gasteiger charge is 2.43. The number of hydrogen-bond donors (Lipinski definition) is 0. The molecule has 0 saturated carbocycles. The number of fused-ring (bicyclic) bond motifs is 1. The zero-order chi connectivity index (χ0) is 10.3. The molecule has 1 aliphatic rings. The highest BCUT2D eigenvalue weighted by Crippen LogP contribution is 2.41. The van der Waals surface area contributed by atoms with Crippen molar-refractivity contribution in [3.05, 3.63) is 23.8 Å². The lowest BCUT2D eigenvalue weighted by molar-refractivity contribution is -0.286. The van der Waals surface area contributed by atoms with Gasteiger partial charge < -0.3 is 9.47 Å². The van der Waals surface area contributed by atoms with E-state index < -0.39 is 12.3 Å². The van der Waals surface area contributed by atoms with Crippen molar-refractivity contribution in [3.63, 3.8) is 0 Å². The minimum Gasteiger partial charge on any atom is -0.395 e. The van der Waals surface area contributed by atoms with Gasteiger partial charge in [0.15, 0.2) is 11.5 Å². The van der Waals surface area contributed by atoms with Crippen LogP contribution in [0.3, 0.4) is 0 Å². The third-order valence-electron chi connectivity index (χ3n) is 1.63. The molecule has 74 valence electrons. The quantitative estimate of drug-likeness (QED) is 0.657. The summed E-state index contributed by atoms with van der Waals surface area (Å²) in [5, 5.41) is 0. The predicted molar refractivity (Wildman–Crippen MR) is 38.1 cm³/mol. The Bertz CT molecular complexity index is 403. The molecule has 0 aromatic heterocycles. The van der Waals surface area contributed by atoms with Crippen LogP contribution >= 0.6 is 0 Å². The minimum absolute atomic E-state index is 0.222. The van der Waals surface area contributed by atoms with Gasteiger partial charge in [-0.2, -0.15) is 4.39 Å². The number of rotatable bonds is 1. The van der Waals surface area contributed by atoms with Crippen molar-refractivity contribution in [2.45, 2.75) is 6.29 Å². The van der Waals surface area contributed by atoms with E-state index in [2.05, 4.69) is 9.47 Å². The monoisotopic (exact) mass is 204 g/mol. The van der Waals surface area contributed by atoms with E-state index in [0.29, 0.717) is 0 Å². The summed E-state index contributed by atoms with van der Waals surface area (Å²) in [6, 6.07) is 1.22. The van der Waals surface area contributed by atoms with Crippen LogP contribution in [0.15, 0.2) is 18.2 Å². The van der Waals surface area contributed by atoms with Gasteiger partial charge >= 0.3 is 12.3 Å². The summed E-state index contributed by atoms with van der Waals surface area (Å²) in [7, 11) is 0. The highest BCUT2D eigenvalue weighted by molar-refractivity contribution is 5.89. The zero-order valence-corrected chi connectivity index (χ0v) is 6.59. The fourth-order valence-corrected chi connectivity index (χ4v) is 1.07. The molecule has 0 amide bonds. The van der Waals surface area contributed by atoms with Crippen LogP contribution in [0.25, 0.3) is 0 Å². The van der Waals surface area contributed by atoms with E-state index in [1.54, 1.807) is 0 Å². The molecule has 1 aromatic rings. The van der Waals surface area contributed by atoms with Gasteiger partial charge in [0.2, 0.25) is 0 Å². The fraction of sp³-hybridized carbons (Fsp3) is 0.125. The number of alkyl halides is 2. The van der Waals surface area contributed by atoms with E-state index in [1.165, 1.54) is 0 Å². The second-order valence-electron chi connectivity index (χ2n) is 2.60. The molecule has 0 fully saturated rings. The Hall–Kier alpha value is -1.72. The standard InChI is InChI=1S/C8H3F3O3/c9-7(12)4-1-2-5-6(3-4)14-8(10,11)13-5/h1-3H. The summed E-state index contributed by atoms with van der Waals surface area (Å²) in [4.78, 5) is 10.3. The number of benzene rings is 1. The van der Waals surface area contributed by atoms with Crippen LogP contribution in [-0.4, -0.2) is 12.3 Å². The van der Waals surface area contributed by atoms with E-state index in [9.17, 15) is 18.0 Å². The summed E-state index contributed by atoms with van der Waals surface area (Å²) >= 11 is 0. The van der Waals surface area contributed by atoms with Gasteiger partial charge in [-0.15, -0.1) is 8.78 Å². The average Bonchev–Trinajstić information content (AvgIpc) is 2.36. The van der Waals surface area contributed by atoms with Crippen LogP contribution in [-0.2, 0) is 0 Å². The van der Waals surface area contributed by atoms with Crippen molar-refractivity contribution in [2.75, 3.05) is 0 Å². The second-order valence-corrected chi connectivity index (χ2v) is 2.60. The average molecular weight is 204 g/mol. The zero-order valence-electron chi connectivity index (χ0n) is 6.59. The third kappa shape index (κ3) is 1.39. The van der Waals surface area contributed by atoms with Gasteiger partial charge in [-0.05, 0) is 18.2 Å². The molecule has 0 spiro atoms. The first-order valence-electron chi connectivity index (χ1n) is 3.58. The summed E-state index contributed by atoms with van der Waals surface area (Å²) in [6.45, 7) is 0. The maximum absolute atomic E-state index is 12.4. The number of carbonyl (C=O) groups is 1. The van der Waals surface area contributed by atoms with Crippen LogP contribution in [0.1, 0.15) is 10.4 Å². The fourth-order valence-electron chi connectivity index (χ4n) is 1.07. The Morgan fingerprint density at radius 1 is 1.21 bits per heavy atom. The highest BCUT2D eigenvalue weighted by atomic mass is 19.3. The number of ether oxygens (including phenoxy) is 2. The molecule has 1 aliphatic heterocycles. The predicted octanol–water partition coefficient (Wildman–Crippen LogP) is 2.12. The Morgan fingerprint density at radius 2 is 1.86 bits per heavy atom. The SMILES string of the molecule is O=C(F)c1ccc2c(c1)OC(F)(F)O2. The summed E-state index contributed by atoms with van der Waals surface area (Å²) in [5.74, 6) is -0.571. The molecule has 0 unspecified atom stereocenters. The molecule has 0 saturated heterocycles. The maximum Gasteiger partial charge on any atom is 0.586 e. The van der Waals surface area contributed by atoms with Crippen molar-refractivity contribution in [3.8, 4) is 11.5 Å². The molecule has 0 atom stereocenters. The topological polar surface area (TPSA) is 35.5 Å². The molecule has 0 bridgehead atoms. The van der Waals surface area contributed by atoms with Gasteiger partial charge in [0.25, 0.3) is 0 Å². The van der Waals surface area contributed by atoms with Gasteiger partial charge in [0, 0.05) is 0 Å². The molecular formula is C8H3F3O3. The van der Waals surface area contributed by atoms with Crippen molar-refractivity contribution in [1.82, 2.24) is 0 Å². The smallest absolute Gasteiger partial charge is 0.395 e. The van der Waals surface area contributed by atoms with Crippen LogP contribution < -0.4 is 9.47 Å². The van der Waals surface area contributed by atoms with Gasteiger partial charge in [0.05, 0.1) is 5.56 Å². The summed E-state index contributed by atoms with van der Waals surface area (Å²) < 4.78 is 45.1. The van der Waals surface area contributed by atoms with Crippen LogP contribution in [0.2, 0.25) is 0 Å². The molecule has 1 aromatic carbocycles. The Morgan fingerprint density at radius 3 is 2.50 bits per heavy atom. The van der Waals surface area contributed by atoms with Gasteiger partial charge in [0.1, 0.15) is 0 Å². The summed E-state index contributed by atoms with van der Waals surface area (Å²) in [5.41, 5.74) is -0.356. The van der Waals surface area contributed by atoms with Crippen molar-refractivity contribution in [2.24, 2.45) is 0 Å². The molecule has 0 N–H and O–H groups in total. The van der Waals surface area contributed by atoms with Crippen LogP contribution in [0.4, 0.5) is 13.2 Å². The van der Waals surface area contributed by atoms with E-state index in [1.807, 2.05) is 0 Å². The number of carbonyl (C=O) groups excluding carboxylic acids is 1. The lowest BCUT2D eigenvalue weighted by atomic mass is 10.2. The molecule has 1 heterocycles. The Labute approximate surface area is 76.0 Å². The number of halogens is 3. The van der Waals surface area contributed by atoms with Crippen molar-refractivity contribution in [1.29, 1.82) is 0 Å². The van der Waals surface area contributed by atoms with E-state index in [0.717, 1.165) is 18.2 Å². The molecule has 2 rings (SSSR count). The lowest BCUT2D eigenvalue weighted by Gasteiger charge is -2.04. The van der Waals surface area contributed by atoms with Crippen LogP contribution in [0, 0.1) is 0 Å².